The zero-order valence-corrected chi connectivity index (χ0v) is 26.7. The van der Waals surface area contributed by atoms with Gasteiger partial charge in [-0.1, -0.05) is 30.3 Å². The number of carboxylic acid groups (broad SMARTS) is 1. The van der Waals surface area contributed by atoms with Crippen LogP contribution in [0, 0.1) is 5.92 Å². The highest BCUT2D eigenvalue weighted by atomic mass is 16.5. The third-order valence-electron chi connectivity index (χ3n) is 9.27. The molecule has 1 unspecified atom stereocenters. The molecule has 3 heterocycles. The number of amides is 3. The quantitative estimate of drug-likeness (QED) is 0.351. The average Bonchev–Trinajstić information content (AvgIpc) is 3.93. The molecular weight excluding hydrogens is 582 g/mol. The molecule has 1 saturated carbocycles. The molecular formula is C36H43N5O5. The number of carbonyl (C=O) groups is 3. The number of benzene rings is 2. The van der Waals surface area contributed by atoms with Crippen LogP contribution >= 0.6 is 0 Å². The van der Waals surface area contributed by atoms with Crippen LogP contribution in [0.2, 0.25) is 0 Å². The van der Waals surface area contributed by atoms with Gasteiger partial charge in [-0.3, -0.25) is 14.6 Å². The summed E-state index contributed by atoms with van der Waals surface area (Å²) >= 11 is 0. The van der Waals surface area contributed by atoms with Crippen molar-refractivity contribution < 1.29 is 24.2 Å². The Kier molecular flexibility index (Phi) is 9.15. The molecule has 1 aliphatic carbocycles. The van der Waals surface area contributed by atoms with Crippen molar-refractivity contribution in [3.63, 3.8) is 0 Å². The van der Waals surface area contributed by atoms with Gasteiger partial charge in [0.1, 0.15) is 5.75 Å². The maximum Gasteiger partial charge on any atom is 0.407 e. The van der Waals surface area contributed by atoms with Gasteiger partial charge in [-0.05, 0) is 80.5 Å². The molecule has 3 aromatic rings. The molecule has 46 heavy (non-hydrogen) atoms. The zero-order valence-electron chi connectivity index (χ0n) is 26.7. The van der Waals surface area contributed by atoms with E-state index in [1.54, 1.807) is 31.1 Å². The van der Waals surface area contributed by atoms with Gasteiger partial charge in [-0.2, -0.15) is 0 Å². The summed E-state index contributed by atoms with van der Waals surface area (Å²) in [6.07, 6.45) is 6.53. The molecule has 3 fully saturated rings. The molecule has 0 bridgehead atoms. The fourth-order valence-electron chi connectivity index (χ4n) is 6.53. The molecule has 2 aromatic carbocycles. The minimum absolute atomic E-state index is 0.0856. The van der Waals surface area contributed by atoms with Crippen LogP contribution < -0.4 is 9.64 Å². The second-order valence-electron chi connectivity index (χ2n) is 13.1. The van der Waals surface area contributed by atoms with Crippen molar-refractivity contribution in [2.24, 2.45) is 5.92 Å². The Bertz CT molecular complexity index is 1530. The Morgan fingerprint density at radius 3 is 2.24 bits per heavy atom. The van der Waals surface area contributed by atoms with E-state index in [1.807, 2.05) is 36.4 Å². The van der Waals surface area contributed by atoms with E-state index in [0.717, 1.165) is 54.6 Å². The molecule has 1 N–H and O–H groups in total. The van der Waals surface area contributed by atoms with Gasteiger partial charge in [0.25, 0.3) is 5.91 Å². The van der Waals surface area contributed by atoms with E-state index in [2.05, 4.69) is 39.0 Å². The Labute approximate surface area is 270 Å². The summed E-state index contributed by atoms with van der Waals surface area (Å²) in [5.41, 5.74) is 3.25. The van der Waals surface area contributed by atoms with Gasteiger partial charge < -0.3 is 29.4 Å². The SMILES string of the molecule is CC(C)(Oc1cccc(N2CCCC(C(=O)N(Cc3ccc(-c4ccncc4)cc3)C3CC3)C2)c1)C(=O)N1CCN(C(=O)O)CC1. The maximum atomic E-state index is 14.0. The number of pyridine rings is 1. The highest BCUT2D eigenvalue weighted by Gasteiger charge is 2.38. The van der Waals surface area contributed by atoms with Gasteiger partial charge in [0.05, 0.1) is 5.92 Å². The van der Waals surface area contributed by atoms with Crippen molar-refractivity contribution in [3.8, 4) is 16.9 Å². The molecule has 3 aliphatic rings. The van der Waals surface area contributed by atoms with Crippen LogP contribution in [0.4, 0.5) is 10.5 Å². The fourth-order valence-corrected chi connectivity index (χ4v) is 6.53. The van der Waals surface area contributed by atoms with Crippen LogP contribution in [0.5, 0.6) is 5.75 Å². The first-order valence-corrected chi connectivity index (χ1v) is 16.3. The standard InChI is InChI=1S/C36H43N5O5/c1-36(2,34(43)38-19-21-39(22-20-38)35(44)45)46-32-7-3-6-31(23-32)40-18-4-5-29(25-40)33(42)41(30-12-13-30)24-26-8-10-27(11-9-26)28-14-16-37-17-15-28/h3,6-11,14-17,23,29-30H,4-5,12-13,18-22,24-25H2,1-2H3,(H,44,45). The van der Waals surface area contributed by atoms with Gasteiger partial charge in [-0.25, -0.2) is 4.79 Å². The normalized spacial score (nSPS) is 18.7. The minimum atomic E-state index is -1.12. The van der Waals surface area contributed by atoms with Crippen LogP contribution in [-0.4, -0.2) is 93.6 Å². The lowest BCUT2D eigenvalue weighted by molar-refractivity contribution is -0.147. The molecule has 0 spiro atoms. The monoisotopic (exact) mass is 625 g/mol. The van der Waals surface area contributed by atoms with Crippen molar-refractivity contribution in [1.29, 1.82) is 0 Å². The van der Waals surface area contributed by atoms with Crippen LogP contribution in [0.3, 0.4) is 0 Å². The summed E-state index contributed by atoms with van der Waals surface area (Å²) in [6, 6.07) is 20.5. The number of hydrogen-bond acceptors (Lipinski definition) is 6. The van der Waals surface area contributed by atoms with E-state index in [-0.39, 0.29) is 30.8 Å². The first-order chi connectivity index (χ1) is 22.2. The number of nitrogens with zero attached hydrogens (tertiary/aromatic N) is 5. The van der Waals surface area contributed by atoms with Gasteiger partial charge >= 0.3 is 6.09 Å². The predicted octanol–water partition coefficient (Wildman–Crippen LogP) is 5.14. The smallest absolute Gasteiger partial charge is 0.407 e. The largest absolute Gasteiger partial charge is 0.478 e. The molecule has 10 nitrogen and oxygen atoms in total. The number of aromatic nitrogens is 1. The van der Waals surface area contributed by atoms with Crippen molar-refractivity contribution in [2.75, 3.05) is 44.2 Å². The van der Waals surface area contributed by atoms with Crippen LogP contribution in [-0.2, 0) is 16.1 Å². The number of hydrogen-bond donors (Lipinski definition) is 1. The van der Waals surface area contributed by atoms with E-state index in [9.17, 15) is 19.5 Å². The summed E-state index contributed by atoms with van der Waals surface area (Å²) in [4.78, 5) is 50.0. The lowest BCUT2D eigenvalue weighted by Crippen LogP contribution is -2.56. The van der Waals surface area contributed by atoms with Gasteiger partial charge in [0.15, 0.2) is 5.60 Å². The van der Waals surface area contributed by atoms with E-state index in [1.165, 1.54) is 4.90 Å². The summed E-state index contributed by atoms with van der Waals surface area (Å²) in [7, 11) is 0. The number of piperazine rings is 1. The lowest BCUT2D eigenvalue weighted by atomic mass is 9.95. The predicted molar refractivity (Wildman–Crippen MR) is 176 cm³/mol. The molecule has 10 heteroatoms. The number of carbonyl (C=O) groups excluding carboxylic acids is 2. The van der Waals surface area contributed by atoms with E-state index in [0.29, 0.717) is 38.0 Å². The zero-order chi connectivity index (χ0) is 32.3. The Balaban J connectivity index is 1.08. The van der Waals surface area contributed by atoms with Gasteiger partial charge in [0, 0.05) is 76.0 Å². The number of rotatable bonds is 9. The molecule has 1 atom stereocenters. The lowest BCUT2D eigenvalue weighted by Gasteiger charge is -2.38. The molecule has 242 valence electrons. The number of ether oxygens (including phenoxy) is 1. The number of piperidine rings is 1. The van der Waals surface area contributed by atoms with Gasteiger partial charge in [0.2, 0.25) is 5.91 Å². The summed E-state index contributed by atoms with van der Waals surface area (Å²) < 4.78 is 6.25. The average molecular weight is 626 g/mol. The minimum Gasteiger partial charge on any atom is -0.478 e. The summed E-state index contributed by atoms with van der Waals surface area (Å²) in [5.74, 6) is 0.562. The van der Waals surface area contributed by atoms with Crippen LogP contribution in [0.25, 0.3) is 11.1 Å². The Hall–Kier alpha value is -4.60. The summed E-state index contributed by atoms with van der Waals surface area (Å²) in [5, 5.41) is 9.22. The first-order valence-electron chi connectivity index (χ1n) is 16.3. The highest BCUT2D eigenvalue weighted by Crippen LogP contribution is 2.34. The van der Waals surface area contributed by atoms with Crippen molar-refractivity contribution in [1.82, 2.24) is 19.7 Å². The molecule has 6 rings (SSSR count). The highest BCUT2D eigenvalue weighted by molar-refractivity contribution is 5.85. The van der Waals surface area contributed by atoms with Crippen molar-refractivity contribution in [2.45, 2.75) is 57.7 Å². The van der Waals surface area contributed by atoms with Crippen molar-refractivity contribution >= 4 is 23.6 Å². The van der Waals surface area contributed by atoms with E-state index in [4.69, 9.17) is 4.74 Å². The van der Waals surface area contributed by atoms with Crippen LogP contribution in [0.1, 0.15) is 45.1 Å². The molecule has 2 aliphatic heterocycles. The Morgan fingerprint density at radius 1 is 0.891 bits per heavy atom. The third-order valence-corrected chi connectivity index (χ3v) is 9.27. The van der Waals surface area contributed by atoms with E-state index < -0.39 is 11.7 Å². The van der Waals surface area contributed by atoms with Crippen LogP contribution in [0.15, 0.2) is 73.1 Å². The topological polar surface area (TPSA) is 107 Å². The second kappa shape index (κ2) is 13.4. The van der Waals surface area contributed by atoms with E-state index >= 15 is 0 Å². The second-order valence-corrected chi connectivity index (χ2v) is 13.1. The Morgan fingerprint density at radius 2 is 1.57 bits per heavy atom. The third kappa shape index (κ3) is 7.27. The molecule has 3 amide bonds. The molecule has 2 saturated heterocycles. The van der Waals surface area contributed by atoms with Gasteiger partial charge in [-0.15, -0.1) is 0 Å². The molecule has 1 aromatic heterocycles. The maximum absolute atomic E-state index is 14.0. The fraction of sp³-hybridized carbons (Fsp3) is 0.444. The number of anilines is 1. The summed E-state index contributed by atoms with van der Waals surface area (Å²) in [6.45, 7) is 6.88. The molecule has 0 radical (unpaired) electrons. The first kappa shape index (κ1) is 31.4. The van der Waals surface area contributed by atoms with Crippen molar-refractivity contribution in [3.05, 3.63) is 78.6 Å².